The maximum atomic E-state index is 6.59. The quantitative estimate of drug-likeness (QED) is 0.188. The summed E-state index contributed by atoms with van der Waals surface area (Å²) >= 11 is 1.86. The fourth-order valence-corrected chi connectivity index (χ4v) is 11.0. The molecule has 4 aromatic heterocycles. The lowest BCUT2D eigenvalue weighted by Crippen LogP contribution is -2.33. The van der Waals surface area contributed by atoms with Gasteiger partial charge in [-0.3, -0.25) is 0 Å². The standard InChI is InChI=1S/C57H34N4O2S/c1-3-12-33(13-4-1)55-58-56(36-22-25-39-38-16-7-9-19-48(38)63-51(39)30-36)60-57(59-55)41-18-11-20-50-54(41)45-29-35(24-27-49(45)62-50)34-23-26-46-42(28-34)43-32-53-44(40-17-8-10-21-52(40)64-53)31-47(43)61(46)37-14-5-2-6-15-37/h1-32,56H,(H,58,59,60). The Morgan fingerprint density at radius 3 is 2.05 bits per heavy atom. The summed E-state index contributed by atoms with van der Waals surface area (Å²) in [6, 6.07) is 68.6. The monoisotopic (exact) mass is 838 g/mol. The summed E-state index contributed by atoms with van der Waals surface area (Å²) < 4.78 is 17.9. The van der Waals surface area contributed by atoms with E-state index in [1.165, 1.54) is 42.0 Å². The molecule has 6 nitrogen and oxygen atoms in total. The topological polar surface area (TPSA) is 68.0 Å². The van der Waals surface area contributed by atoms with Crippen molar-refractivity contribution in [2.75, 3.05) is 0 Å². The molecule has 1 N–H and O–H groups in total. The summed E-state index contributed by atoms with van der Waals surface area (Å²) in [5.74, 6) is 1.38. The van der Waals surface area contributed by atoms with Gasteiger partial charge in [-0.1, -0.05) is 121 Å². The van der Waals surface area contributed by atoms with Crippen LogP contribution >= 0.6 is 11.3 Å². The molecule has 0 saturated carbocycles. The number of thiophene rings is 1. The number of aliphatic imine (C=N–C) groups is 2. The average molecular weight is 839 g/mol. The molecule has 0 amide bonds. The third-order valence-electron chi connectivity index (χ3n) is 12.9. The van der Waals surface area contributed by atoms with Crippen LogP contribution in [0.15, 0.2) is 213 Å². The SMILES string of the molecule is c1ccc(C2=NC(c3cccc4oc5ccc(-c6ccc7c(c6)c6cc8sc9ccccc9c8cc6n7-c6ccccc6)cc5c34)=NC(c3ccc4c(c3)oc3ccccc34)N2)cc1. The second-order valence-corrected chi connectivity index (χ2v) is 17.6. The van der Waals surface area contributed by atoms with Crippen molar-refractivity contribution in [3.05, 3.63) is 211 Å². The molecule has 0 bridgehead atoms. The predicted molar refractivity (Wildman–Crippen MR) is 265 cm³/mol. The Labute approximate surface area is 369 Å². The summed E-state index contributed by atoms with van der Waals surface area (Å²) in [5, 5.41) is 12.9. The zero-order valence-electron chi connectivity index (χ0n) is 34.1. The van der Waals surface area contributed by atoms with Crippen molar-refractivity contribution in [1.29, 1.82) is 0 Å². The Morgan fingerprint density at radius 1 is 0.453 bits per heavy atom. The minimum atomic E-state index is -0.414. The predicted octanol–water partition coefficient (Wildman–Crippen LogP) is 15.1. The number of aromatic nitrogens is 1. The maximum absolute atomic E-state index is 6.59. The third kappa shape index (κ3) is 5.38. The molecule has 1 aliphatic rings. The summed E-state index contributed by atoms with van der Waals surface area (Å²) in [5.41, 5.74) is 11.9. The molecule has 0 radical (unpaired) electrons. The molecule has 14 rings (SSSR count). The lowest BCUT2D eigenvalue weighted by Gasteiger charge is -2.24. The van der Waals surface area contributed by atoms with Crippen LogP contribution in [0.1, 0.15) is 22.9 Å². The van der Waals surface area contributed by atoms with Crippen molar-refractivity contribution in [2.24, 2.45) is 9.98 Å². The molecule has 0 spiro atoms. The van der Waals surface area contributed by atoms with Crippen molar-refractivity contribution >= 4 is 109 Å². The van der Waals surface area contributed by atoms with Crippen LogP contribution in [0.2, 0.25) is 0 Å². The van der Waals surface area contributed by atoms with Crippen LogP contribution in [0, 0.1) is 0 Å². The second kappa shape index (κ2) is 13.6. The van der Waals surface area contributed by atoms with Crippen LogP contribution in [-0.4, -0.2) is 16.2 Å². The fourth-order valence-electron chi connectivity index (χ4n) is 9.86. The molecule has 0 saturated heterocycles. The lowest BCUT2D eigenvalue weighted by atomic mass is 9.98. The van der Waals surface area contributed by atoms with E-state index in [-0.39, 0.29) is 0 Å². The van der Waals surface area contributed by atoms with Crippen molar-refractivity contribution in [3.63, 3.8) is 0 Å². The van der Waals surface area contributed by atoms with Crippen LogP contribution in [0.25, 0.3) is 103 Å². The van der Waals surface area contributed by atoms with Gasteiger partial charge in [0.05, 0.1) is 11.0 Å². The number of hydrogen-bond acceptors (Lipinski definition) is 6. The molecular formula is C57H34N4O2S. The van der Waals surface area contributed by atoms with E-state index in [2.05, 4.69) is 155 Å². The molecule has 13 aromatic rings. The first kappa shape index (κ1) is 35.3. The Kier molecular flexibility index (Phi) is 7.52. The molecule has 0 fully saturated rings. The average Bonchev–Trinajstić information content (AvgIpc) is 4.11. The molecular weight excluding hydrogens is 805 g/mol. The van der Waals surface area contributed by atoms with Gasteiger partial charge < -0.3 is 18.7 Å². The van der Waals surface area contributed by atoms with E-state index in [1.54, 1.807) is 0 Å². The smallest absolute Gasteiger partial charge is 0.160 e. The minimum absolute atomic E-state index is 0.414. The van der Waals surface area contributed by atoms with Gasteiger partial charge in [-0.15, -0.1) is 11.3 Å². The lowest BCUT2D eigenvalue weighted by molar-refractivity contribution is 0.655. The number of nitrogens with one attached hydrogen (secondary N) is 1. The van der Waals surface area contributed by atoms with Gasteiger partial charge in [-0.2, -0.15) is 0 Å². The van der Waals surface area contributed by atoms with Crippen LogP contribution < -0.4 is 5.32 Å². The number of amidine groups is 2. The normalized spacial score (nSPS) is 14.4. The molecule has 300 valence electrons. The first-order valence-electron chi connectivity index (χ1n) is 21.5. The second-order valence-electron chi connectivity index (χ2n) is 16.5. The number of benzene rings is 9. The van der Waals surface area contributed by atoms with Crippen molar-refractivity contribution < 1.29 is 8.83 Å². The highest BCUT2D eigenvalue weighted by Crippen LogP contribution is 2.43. The van der Waals surface area contributed by atoms with Crippen molar-refractivity contribution in [3.8, 4) is 16.8 Å². The minimum Gasteiger partial charge on any atom is -0.456 e. The van der Waals surface area contributed by atoms with E-state index in [4.69, 9.17) is 18.8 Å². The van der Waals surface area contributed by atoms with Crippen molar-refractivity contribution in [1.82, 2.24) is 9.88 Å². The molecule has 1 aliphatic heterocycles. The Bertz CT molecular complexity index is 4120. The van der Waals surface area contributed by atoms with E-state index in [0.29, 0.717) is 5.84 Å². The molecule has 0 aliphatic carbocycles. The molecule has 9 aromatic carbocycles. The van der Waals surface area contributed by atoms with Gasteiger partial charge in [0.1, 0.15) is 34.3 Å². The largest absolute Gasteiger partial charge is 0.456 e. The highest BCUT2D eigenvalue weighted by Gasteiger charge is 2.25. The summed E-state index contributed by atoms with van der Waals surface area (Å²) in [7, 11) is 0. The Balaban J connectivity index is 0.935. The van der Waals surface area contributed by atoms with Gasteiger partial charge in [0, 0.05) is 74.9 Å². The summed E-state index contributed by atoms with van der Waals surface area (Å²) in [4.78, 5) is 10.6. The van der Waals surface area contributed by atoms with Crippen molar-refractivity contribution in [2.45, 2.75) is 6.17 Å². The van der Waals surface area contributed by atoms with Gasteiger partial charge in [-0.05, 0) is 83.9 Å². The fraction of sp³-hybridized carbons (Fsp3) is 0.0175. The van der Waals surface area contributed by atoms with E-state index in [1.807, 2.05) is 59.9 Å². The zero-order chi connectivity index (χ0) is 41.9. The van der Waals surface area contributed by atoms with Gasteiger partial charge in [0.25, 0.3) is 0 Å². The van der Waals surface area contributed by atoms with E-state index in [9.17, 15) is 0 Å². The number of nitrogens with zero attached hydrogens (tertiary/aromatic N) is 3. The van der Waals surface area contributed by atoms with Gasteiger partial charge in [-0.25, -0.2) is 9.98 Å². The molecule has 64 heavy (non-hydrogen) atoms. The number of fused-ring (bicyclic) bond motifs is 12. The molecule has 1 atom stereocenters. The summed E-state index contributed by atoms with van der Waals surface area (Å²) in [6.07, 6.45) is -0.414. The van der Waals surface area contributed by atoms with Crippen LogP contribution in [0.4, 0.5) is 0 Å². The first-order chi connectivity index (χ1) is 31.7. The third-order valence-corrected chi connectivity index (χ3v) is 14.0. The molecule has 5 heterocycles. The first-order valence-corrected chi connectivity index (χ1v) is 22.3. The maximum Gasteiger partial charge on any atom is 0.160 e. The van der Waals surface area contributed by atoms with Crippen LogP contribution in [-0.2, 0) is 0 Å². The van der Waals surface area contributed by atoms with Gasteiger partial charge >= 0.3 is 0 Å². The molecule has 1 unspecified atom stereocenters. The summed E-state index contributed by atoms with van der Waals surface area (Å²) in [6.45, 7) is 0. The van der Waals surface area contributed by atoms with Crippen LogP contribution in [0.5, 0.6) is 0 Å². The van der Waals surface area contributed by atoms with E-state index >= 15 is 0 Å². The molecule has 7 heteroatoms. The van der Waals surface area contributed by atoms with Gasteiger partial charge in [0.15, 0.2) is 5.84 Å². The van der Waals surface area contributed by atoms with E-state index < -0.39 is 6.17 Å². The number of furan rings is 2. The number of hydrogen-bond donors (Lipinski definition) is 1. The zero-order valence-corrected chi connectivity index (χ0v) is 34.9. The number of rotatable bonds is 5. The van der Waals surface area contributed by atoms with Crippen LogP contribution in [0.3, 0.4) is 0 Å². The van der Waals surface area contributed by atoms with Gasteiger partial charge in [0.2, 0.25) is 0 Å². The highest BCUT2D eigenvalue weighted by molar-refractivity contribution is 7.25. The van der Waals surface area contributed by atoms with E-state index in [0.717, 1.165) is 83.2 Å². The highest BCUT2D eigenvalue weighted by atomic mass is 32.1. The Morgan fingerprint density at radius 2 is 1.16 bits per heavy atom. The Hall–Kier alpha value is -8.26. The number of para-hydroxylation sites is 2.